The van der Waals surface area contributed by atoms with Crippen LogP contribution in [0.1, 0.15) is 11.3 Å². The van der Waals surface area contributed by atoms with Crippen molar-refractivity contribution >= 4 is 34.3 Å². The molecular weight excluding hydrogens is 430 g/mol. The predicted octanol–water partition coefficient (Wildman–Crippen LogP) is 4.48. The summed E-state index contributed by atoms with van der Waals surface area (Å²) in [5.74, 6) is 0.0193. The van der Waals surface area contributed by atoms with E-state index in [1.54, 1.807) is 13.0 Å². The molecule has 0 unspecified atom stereocenters. The molecule has 3 aromatic rings. The molecular formula is C15H11ClF6N6O. The van der Waals surface area contributed by atoms with Gasteiger partial charge in [-0.05, 0) is 30.2 Å². The van der Waals surface area contributed by atoms with Crippen LogP contribution in [0.5, 0.6) is 0 Å². The Hall–Kier alpha value is -2.67. The minimum atomic E-state index is -4.94. The Kier molecular flexibility index (Phi) is 5.54. The predicted molar refractivity (Wildman–Crippen MR) is 89.6 cm³/mol. The summed E-state index contributed by atoms with van der Waals surface area (Å²) in [6.45, 7) is 0.164. The third-order valence-corrected chi connectivity index (χ3v) is 3.72. The molecule has 0 radical (unpaired) electrons. The summed E-state index contributed by atoms with van der Waals surface area (Å²) in [5, 5.41) is 5.54. The van der Waals surface area contributed by atoms with Crippen LogP contribution in [0, 0.1) is 6.92 Å². The molecule has 0 aliphatic carbocycles. The van der Waals surface area contributed by atoms with Gasteiger partial charge < -0.3 is 5.32 Å². The Morgan fingerprint density at radius 2 is 1.86 bits per heavy atom. The van der Waals surface area contributed by atoms with E-state index >= 15 is 0 Å². The van der Waals surface area contributed by atoms with Crippen LogP contribution in [-0.4, -0.2) is 37.7 Å². The van der Waals surface area contributed by atoms with Crippen LogP contribution in [0.25, 0.3) is 11.0 Å². The third kappa shape index (κ3) is 5.03. The Balaban J connectivity index is 2.09. The second kappa shape index (κ2) is 7.63. The topological polar surface area (TPSA) is 77.8 Å². The smallest absolute Gasteiger partial charge is 0.323 e. The maximum atomic E-state index is 13.4. The van der Waals surface area contributed by atoms with Crippen molar-refractivity contribution in [2.24, 2.45) is 0 Å². The van der Waals surface area contributed by atoms with Gasteiger partial charge in [-0.3, -0.25) is 9.42 Å². The first-order valence-electron chi connectivity index (χ1n) is 7.85. The average molecular weight is 441 g/mol. The number of aryl methyl sites for hydroxylation is 1. The third-order valence-electron chi connectivity index (χ3n) is 3.56. The lowest BCUT2D eigenvalue weighted by molar-refractivity contribution is -0.325. The number of hydrogen-bond donors (Lipinski definition) is 1. The van der Waals surface area contributed by atoms with E-state index in [1.165, 1.54) is 12.3 Å². The van der Waals surface area contributed by atoms with Crippen molar-refractivity contribution in [3.63, 3.8) is 0 Å². The van der Waals surface area contributed by atoms with Gasteiger partial charge in [-0.1, -0.05) is 6.07 Å². The number of halogens is 7. The van der Waals surface area contributed by atoms with Gasteiger partial charge in [0.15, 0.2) is 11.5 Å². The molecule has 0 saturated carbocycles. The molecule has 3 heterocycles. The van der Waals surface area contributed by atoms with Gasteiger partial charge in [-0.15, -0.1) is 13.2 Å². The van der Waals surface area contributed by atoms with E-state index in [2.05, 4.69) is 30.1 Å². The van der Waals surface area contributed by atoms with Gasteiger partial charge >= 0.3 is 12.5 Å². The Morgan fingerprint density at radius 1 is 1.14 bits per heavy atom. The van der Waals surface area contributed by atoms with Crippen LogP contribution in [0.3, 0.4) is 0 Å². The summed E-state index contributed by atoms with van der Waals surface area (Å²) >= 11 is 5.75. The highest BCUT2D eigenvalue weighted by molar-refractivity contribution is 6.28. The average Bonchev–Trinajstić information content (AvgIpc) is 2.94. The number of ether oxygens (including phenoxy) is 1. The molecule has 0 aliphatic heterocycles. The maximum Gasteiger partial charge on any atom is 0.522 e. The maximum absolute atomic E-state index is 13.4. The first kappa shape index (κ1) is 21.0. The molecule has 0 aliphatic rings. The van der Waals surface area contributed by atoms with E-state index in [0.29, 0.717) is 4.68 Å². The van der Waals surface area contributed by atoms with Gasteiger partial charge in [-0.2, -0.15) is 23.3 Å². The lowest BCUT2D eigenvalue weighted by Gasteiger charge is -2.10. The van der Waals surface area contributed by atoms with E-state index in [1.807, 2.05) is 0 Å². The van der Waals surface area contributed by atoms with E-state index in [9.17, 15) is 26.3 Å². The zero-order valence-electron chi connectivity index (χ0n) is 14.4. The van der Waals surface area contributed by atoms with Gasteiger partial charge in [-0.25, -0.2) is 9.97 Å². The molecule has 0 fully saturated rings. The second-order valence-corrected chi connectivity index (χ2v) is 6.09. The Labute approximate surface area is 163 Å². The van der Waals surface area contributed by atoms with E-state index in [0.717, 1.165) is 5.56 Å². The van der Waals surface area contributed by atoms with Crippen LogP contribution >= 0.6 is 11.6 Å². The standard InChI is InChI=1S/C15H11ClF6N6O/c1-7-2-3-8(23-6-7)24-12-10-9(25-13(16)26-12)11(14(17,18)19)27-28(10)4-5-29-15(20,21)22/h2-3,6H,4-5H2,1H3,(H,23,24,25,26). The molecule has 0 spiro atoms. The quantitative estimate of drug-likeness (QED) is 0.465. The van der Waals surface area contributed by atoms with Gasteiger partial charge in [0.1, 0.15) is 16.9 Å². The summed E-state index contributed by atoms with van der Waals surface area (Å²) in [4.78, 5) is 11.5. The SMILES string of the molecule is Cc1ccc(Nc2nc(Cl)nc3c(C(F)(F)F)nn(CCOC(F)(F)F)c23)nc1. The van der Waals surface area contributed by atoms with Crippen molar-refractivity contribution in [1.82, 2.24) is 24.7 Å². The summed E-state index contributed by atoms with van der Waals surface area (Å²) < 4.78 is 81.0. The van der Waals surface area contributed by atoms with Crippen molar-refractivity contribution in [3.8, 4) is 0 Å². The van der Waals surface area contributed by atoms with Gasteiger partial charge in [0.05, 0.1) is 13.2 Å². The largest absolute Gasteiger partial charge is 0.522 e. The van der Waals surface area contributed by atoms with E-state index < -0.39 is 42.2 Å². The molecule has 3 aromatic heterocycles. The fourth-order valence-corrected chi connectivity index (χ4v) is 2.58. The van der Waals surface area contributed by atoms with Crippen molar-refractivity contribution in [2.45, 2.75) is 26.0 Å². The number of fused-ring (bicyclic) bond motifs is 1. The number of nitrogens with zero attached hydrogens (tertiary/aromatic N) is 5. The molecule has 1 N–H and O–H groups in total. The highest BCUT2D eigenvalue weighted by atomic mass is 35.5. The van der Waals surface area contributed by atoms with Gasteiger partial charge in [0.25, 0.3) is 0 Å². The van der Waals surface area contributed by atoms with Crippen molar-refractivity contribution < 1.29 is 31.1 Å². The van der Waals surface area contributed by atoms with Gasteiger partial charge in [0, 0.05) is 6.20 Å². The Bertz CT molecular complexity index is 1020. The molecule has 0 amide bonds. The minimum Gasteiger partial charge on any atom is -0.323 e. The number of alkyl halides is 6. The highest BCUT2D eigenvalue weighted by Gasteiger charge is 2.39. The second-order valence-electron chi connectivity index (χ2n) is 5.75. The van der Waals surface area contributed by atoms with Crippen molar-refractivity contribution in [2.75, 3.05) is 11.9 Å². The molecule has 0 atom stereocenters. The molecule has 29 heavy (non-hydrogen) atoms. The summed E-state index contributed by atoms with van der Waals surface area (Å²) in [7, 11) is 0. The lowest BCUT2D eigenvalue weighted by Crippen LogP contribution is -2.18. The molecule has 156 valence electrons. The highest BCUT2D eigenvalue weighted by Crippen LogP contribution is 2.36. The fourth-order valence-electron chi connectivity index (χ4n) is 2.41. The molecule has 14 heteroatoms. The van der Waals surface area contributed by atoms with Gasteiger partial charge in [0.2, 0.25) is 5.28 Å². The summed E-state index contributed by atoms with van der Waals surface area (Å²) in [6.07, 6.45) is -8.37. The minimum absolute atomic E-state index is 0.202. The van der Waals surface area contributed by atoms with Crippen LogP contribution in [0.15, 0.2) is 18.3 Å². The molecule has 3 rings (SSSR count). The van der Waals surface area contributed by atoms with Crippen LogP contribution < -0.4 is 5.32 Å². The van der Waals surface area contributed by atoms with E-state index in [4.69, 9.17) is 11.6 Å². The molecule has 0 saturated heterocycles. The van der Waals surface area contributed by atoms with Crippen molar-refractivity contribution in [1.29, 1.82) is 0 Å². The molecule has 7 nitrogen and oxygen atoms in total. The number of aromatic nitrogens is 5. The number of nitrogens with one attached hydrogen (secondary N) is 1. The summed E-state index contributed by atoms with van der Waals surface area (Å²) in [5.41, 5.74) is -1.55. The molecule has 0 aromatic carbocycles. The van der Waals surface area contributed by atoms with Crippen LogP contribution in [0.2, 0.25) is 5.28 Å². The van der Waals surface area contributed by atoms with Crippen LogP contribution in [-0.2, 0) is 17.5 Å². The normalized spacial score (nSPS) is 12.6. The summed E-state index contributed by atoms with van der Waals surface area (Å²) in [6, 6.07) is 3.22. The number of anilines is 2. The Morgan fingerprint density at radius 3 is 2.45 bits per heavy atom. The zero-order valence-corrected chi connectivity index (χ0v) is 15.2. The molecule has 0 bridgehead atoms. The lowest BCUT2D eigenvalue weighted by atomic mass is 10.3. The number of rotatable bonds is 5. The monoisotopic (exact) mass is 440 g/mol. The zero-order chi connectivity index (χ0) is 21.4. The fraction of sp³-hybridized carbons (Fsp3) is 0.333. The van der Waals surface area contributed by atoms with Crippen LogP contribution in [0.4, 0.5) is 38.0 Å². The number of hydrogen-bond acceptors (Lipinski definition) is 6. The van der Waals surface area contributed by atoms with Crippen molar-refractivity contribution in [3.05, 3.63) is 34.9 Å². The first-order chi connectivity index (χ1) is 13.4. The number of pyridine rings is 1. The van der Waals surface area contributed by atoms with E-state index in [-0.39, 0.29) is 17.2 Å². The first-order valence-corrected chi connectivity index (χ1v) is 8.23.